The van der Waals surface area contributed by atoms with Gasteiger partial charge in [-0.2, -0.15) is 0 Å². The van der Waals surface area contributed by atoms with Crippen molar-refractivity contribution < 1.29 is 9.53 Å². The summed E-state index contributed by atoms with van der Waals surface area (Å²) in [4.78, 5) is 16.2. The second-order valence-corrected chi connectivity index (χ2v) is 8.39. The molecule has 0 aromatic carbocycles. The molecular weight excluding hydrogens is 264 g/mol. The molecule has 1 rings (SSSR count). The van der Waals surface area contributed by atoms with Gasteiger partial charge in [0.2, 0.25) is 5.91 Å². The third-order valence-corrected chi connectivity index (χ3v) is 4.28. The van der Waals surface area contributed by atoms with E-state index in [0.29, 0.717) is 12.1 Å². The average Bonchev–Trinajstić information content (AvgIpc) is 2.34. The lowest BCUT2D eigenvalue weighted by atomic mass is 9.75. The van der Waals surface area contributed by atoms with Crippen LogP contribution >= 0.6 is 0 Å². The van der Waals surface area contributed by atoms with Gasteiger partial charge in [0.1, 0.15) is 6.61 Å². The molecule has 1 aliphatic heterocycles. The van der Waals surface area contributed by atoms with Crippen molar-refractivity contribution in [3.63, 3.8) is 0 Å². The predicted molar refractivity (Wildman–Crippen MR) is 87.1 cm³/mol. The van der Waals surface area contributed by atoms with Crippen LogP contribution < -0.4 is 0 Å². The fraction of sp³-hybridized carbons (Fsp3) is 0.941. The Bertz CT molecular complexity index is 334. The van der Waals surface area contributed by atoms with E-state index in [9.17, 15) is 4.79 Å². The molecule has 1 heterocycles. The molecule has 0 aromatic rings. The Morgan fingerprint density at radius 2 is 1.67 bits per heavy atom. The number of rotatable bonds is 4. The zero-order valence-electron chi connectivity index (χ0n) is 15.0. The summed E-state index contributed by atoms with van der Waals surface area (Å²) in [6, 6.07) is 0. The van der Waals surface area contributed by atoms with E-state index in [1.54, 1.807) is 4.90 Å². The standard InChI is InChI=1S/C17H34N2O2/c1-16(2,3)14-8-10-19(11-9-14)13-18(7)15(20)12-21-17(4,5)6/h14H,8-13H2,1-7H3. The van der Waals surface area contributed by atoms with Gasteiger partial charge >= 0.3 is 0 Å². The van der Waals surface area contributed by atoms with E-state index in [0.717, 1.165) is 19.0 Å². The molecule has 1 fully saturated rings. The molecule has 0 atom stereocenters. The lowest BCUT2D eigenvalue weighted by molar-refractivity contribution is -0.142. The summed E-state index contributed by atoms with van der Waals surface area (Å²) in [5.74, 6) is 0.849. The molecule has 0 aromatic heterocycles. The molecule has 0 unspecified atom stereocenters. The fourth-order valence-corrected chi connectivity index (χ4v) is 2.71. The van der Waals surface area contributed by atoms with E-state index in [1.165, 1.54) is 12.8 Å². The van der Waals surface area contributed by atoms with Crippen LogP contribution in [0.4, 0.5) is 0 Å². The number of hydrogen-bond donors (Lipinski definition) is 0. The lowest BCUT2D eigenvalue weighted by Gasteiger charge is -2.40. The highest BCUT2D eigenvalue weighted by Gasteiger charge is 2.29. The minimum absolute atomic E-state index is 0.0582. The average molecular weight is 298 g/mol. The molecule has 0 spiro atoms. The van der Waals surface area contributed by atoms with Gasteiger partial charge in [0.05, 0.1) is 12.3 Å². The number of piperidine rings is 1. The molecule has 0 bridgehead atoms. The van der Waals surface area contributed by atoms with Crippen molar-refractivity contribution in [3.05, 3.63) is 0 Å². The number of likely N-dealkylation sites (N-methyl/N-ethyl adjacent to an activating group) is 1. The molecule has 124 valence electrons. The maximum Gasteiger partial charge on any atom is 0.249 e. The Balaban J connectivity index is 2.33. The van der Waals surface area contributed by atoms with Gasteiger partial charge in [-0.25, -0.2) is 0 Å². The summed E-state index contributed by atoms with van der Waals surface area (Å²) < 4.78 is 5.55. The highest BCUT2D eigenvalue weighted by Crippen LogP contribution is 2.34. The second kappa shape index (κ2) is 7.10. The van der Waals surface area contributed by atoms with Crippen molar-refractivity contribution in [3.8, 4) is 0 Å². The molecule has 4 heteroatoms. The Morgan fingerprint density at radius 3 is 2.10 bits per heavy atom. The molecule has 0 aliphatic carbocycles. The normalized spacial score (nSPS) is 18.8. The van der Waals surface area contributed by atoms with Gasteiger partial charge in [-0.05, 0) is 44.9 Å². The van der Waals surface area contributed by atoms with Crippen LogP contribution in [0, 0.1) is 11.3 Å². The molecule has 0 radical (unpaired) electrons. The fourth-order valence-electron chi connectivity index (χ4n) is 2.71. The minimum Gasteiger partial charge on any atom is -0.366 e. The topological polar surface area (TPSA) is 32.8 Å². The summed E-state index contributed by atoms with van der Waals surface area (Å²) in [5, 5.41) is 0. The van der Waals surface area contributed by atoms with E-state index in [2.05, 4.69) is 25.7 Å². The molecule has 4 nitrogen and oxygen atoms in total. The first kappa shape index (κ1) is 18.4. The minimum atomic E-state index is -0.262. The van der Waals surface area contributed by atoms with E-state index in [-0.39, 0.29) is 18.1 Å². The van der Waals surface area contributed by atoms with Crippen LogP contribution in [0.1, 0.15) is 54.4 Å². The van der Waals surface area contributed by atoms with Gasteiger partial charge in [-0.1, -0.05) is 20.8 Å². The second-order valence-electron chi connectivity index (χ2n) is 8.39. The number of likely N-dealkylation sites (tertiary alicyclic amines) is 1. The summed E-state index contributed by atoms with van der Waals surface area (Å²) in [5.41, 5.74) is 0.135. The Morgan fingerprint density at radius 1 is 1.14 bits per heavy atom. The van der Waals surface area contributed by atoms with Crippen molar-refractivity contribution in [2.45, 2.75) is 60.0 Å². The quantitative estimate of drug-likeness (QED) is 0.800. The number of ether oxygens (including phenoxy) is 1. The van der Waals surface area contributed by atoms with Crippen molar-refractivity contribution >= 4 is 5.91 Å². The van der Waals surface area contributed by atoms with Gasteiger partial charge < -0.3 is 9.64 Å². The Hall–Kier alpha value is -0.610. The first-order chi connectivity index (χ1) is 9.49. The Kier molecular flexibility index (Phi) is 6.23. The van der Waals surface area contributed by atoms with Crippen LogP contribution in [0.2, 0.25) is 0 Å². The third kappa shape index (κ3) is 6.79. The largest absolute Gasteiger partial charge is 0.366 e. The van der Waals surface area contributed by atoms with E-state index in [4.69, 9.17) is 4.74 Å². The van der Waals surface area contributed by atoms with Gasteiger partial charge in [0.15, 0.2) is 0 Å². The van der Waals surface area contributed by atoms with Gasteiger partial charge in [-0.3, -0.25) is 9.69 Å². The van der Waals surface area contributed by atoms with E-state index < -0.39 is 0 Å². The molecule has 1 amide bonds. The van der Waals surface area contributed by atoms with Crippen molar-refractivity contribution in [1.29, 1.82) is 0 Å². The van der Waals surface area contributed by atoms with E-state index >= 15 is 0 Å². The molecule has 0 saturated carbocycles. The summed E-state index contributed by atoms with van der Waals surface area (Å²) >= 11 is 0. The van der Waals surface area contributed by atoms with Crippen molar-refractivity contribution in [2.24, 2.45) is 11.3 Å². The van der Waals surface area contributed by atoms with Crippen molar-refractivity contribution in [1.82, 2.24) is 9.80 Å². The van der Waals surface area contributed by atoms with Crippen LogP contribution in [0.15, 0.2) is 0 Å². The lowest BCUT2D eigenvalue weighted by Crippen LogP contribution is -2.45. The summed E-state index contributed by atoms with van der Waals surface area (Å²) in [6.45, 7) is 15.9. The zero-order valence-corrected chi connectivity index (χ0v) is 15.0. The maximum absolute atomic E-state index is 12.1. The number of carbonyl (C=O) groups is 1. The summed E-state index contributed by atoms with van der Waals surface area (Å²) in [6.07, 6.45) is 2.45. The smallest absolute Gasteiger partial charge is 0.249 e. The van der Waals surface area contributed by atoms with Gasteiger partial charge in [0.25, 0.3) is 0 Å². The number of hydrogen-bond acceptors (Lipinski definition) is 3. The first-order valence-corrected chi connectivity index (χ1v) is 8.09. The summed E-state index contributed by atoms with van der Waals surface area (Å²) in [7, 11) is 1.87. The van der Waals surface area contributed by atoms with Gasteiger partial charge in [0, 0.05) is 20.1 Å². The molecule has 0 N–H and O–H groups in total. The van der Waals surface area contributed by atoms with Crippen LogP contribution in [0.25, 0.3) is 0 Å². The number of nitrogens with zero attached hydrogens (tertiary/aromatic N) is 2. The van der Waals surface area contributed by atoms with Crippen LogP contribution in [-0.2, 0) is 9.53 Å². The predicted octanol–water partition coefficient (Wildman–Crippen LogP) is 2.98. The van der Waals surface area contributed by atoms with Gasteiger partial charge in [-0.15, -0.1) is 0 Å². The van der Waals surface area contributed by atoms with E-state index in [1.807, 2.05) is 27.8 Å². The highest BCUT2D eigenvalue weighted by atomic mass is 16.5. The SMILES string of the molecule is CN(CN1CCC(C(C)(C)C)CC1)C(=O)COC(C)(C)C. The van der Waals surface area contributed by atoms with Crippen LogP contribution in [0.5, 0.6) is 0 Å². The third-order valence-electron chi connectivity index (χ3n) is 4.28. The number of amides is 1. The molecular formula is C17H34N2O2. The molecule has 1 saturated heterocycles. The molecule has 1 aliphatic rings. The van der Waals surface area contributed by atoms with Crippen LogP contribution in [-0.4, -0.2) is 54.7 Å². The zero-order chi connectivity index (χ0) is 16.3. The Labute approximate surface area is 130 Å². The van der Waals surface area contributed by atoms with Crippen molar-refractivity contribution in [2.75, 3.05) is 33.4 Å². The number of carbonyl (C=O) groups excluding carboxylic acids is 1. The first-order valence-electron chi connectivity index (χ1n) is 8.09. The molecule has 21 heavy (non-hydrogen) atoms. The van der Waals surface area contributed by atoms with Crippen LogP contribution in [0.3, 0.4) is 0 Å². The maximum atomic E-state index is 12.1. The highest BCUT2D eigenvalue weighted by molar-refractivity contribution is 5.77. The monoisotopic (exact) mass is 298 g/mol.